The first-order valence-electron chi connectivity index (χ1n) is 5.18. The van der Waals surface area contributed by atoms with Gasteiger partial charge in [-0.25, -0.2) is 4.98 Å². The minimum Gasteiger partial charge on any atom is -0.309 e. The Morgan fingerprint density at radius 3 is 2.53 bits per heavy atom. The summed E-state index contributed by atoms with van der Waals surface area (Å²) in [7, 11) is 4.08. The van der Waals surface area contributed by atoms with E-state index in [0.29, 0.717) is 0 Å². The summed E-state index contributed by atoms with van der Waals surface area (Å²) < 4.78 is 0. The number of thiazole rings is 1. The van der Waals surface area contributed by atoms with E-state index < -0.39 is 0 Å². The fourth-order valence-electron chi connectivity index (χ4n) is 1.34. The van der Waals surface area contributed by atoms with E-state index in [4.69, 9.17) is 0 Å². The molecule has 1 aromatic rings. The van der Waals surface area contributed by atoms with E-state index in [1.807, 2.05) is 21.0 Å². The van der Waals surface area contributed by atoms with Gasteiger partial charge in [0.25, 0.3) is 0 Å². The Bertz CT molecular complexity index is 344. The minimum atomic E-state index is 0.139. The molecule has 1 heterocycles. The van der Waals surface area contributed by atoms with Crippen molar-refractivity contribution >= 4 is 17.1 Å². The summed E-state index contributed by atoms with van der Waals surface area (Å²) in [4.78, 5) is 18.8. The van der Waals surface area contributed by atoms with Crippen LogP contribution in [0.25, 0.3) is 0 Å². The molecule has 0 amide bonds. The average Bonchev–Trinajstić information content (AvgIpc) is 2.57. The molecule has 0 bridgehead atoms. The first-order valence-corrected chi connectivity index (χ1v) is 6.00. The standard InChI is InChI=1S/C11H18N2OS/c1-5-9-11(8(2)14)15-10(12-9)6-7-13(3)4/h5-7H2,1-4H3. The normalized spacial score (nSPS) is 11.0. The van der Waals surface area contributed by atoms with Crippen molar-refractivity contribution in [1.82, 2.24) is 9.88 Å². The number of hydrogen-bond donors (Lipinski definition) is 0. The zero-order valence-electron chi connectivity index (χ0n) is 9.83. The van der Waals surface area contributed by atoms with Gasteiger partial charge in [0.2, 0.25) is 0 Å². The van der Waals surface area contributed by atoms with E-state index in [-0.39, 0.29) is 5.78 Å². The van der Waals surface area contributed by atoms with Crippen molar-refractivity contribution in [3.63, 3.8) is 0 Å². The molecule has 0 saturated heterocycles. The molecule has 0 unspecified atom stereocenters. The number of carbonyl (C=O) groups is 1. The maximum atomic E-state index is 11.3. The smallest absolute Gasteiger partial charge is 0.171 e. The Kier molecular flexibility index (Phi) is 4.42. The molecule has 0 aliphatic carbocycles. The zero-order valence-corrected chi connectivity index (χ0v) is 10.6. The molecule has 1 aromatic heterocycles. The number of likely N-dealkylation sites (N-methyl/N-ethyl adjacent to an activating group) is 1. The Balaban J connectivity index is 2.78. The molecule has 3 nitrogen and oxygen atoms in total. The van der Waals surface area contributed by atoms with Crippen molar-refractivity contribution in [2.75, 3.05) is 20.6 Å². The fraction of sp³-hybridized carbons (Fsp3) is 0.636. The van der Waals surface area contributed by atoms with Gasteiger partial charge in [-0.3, -0.25) is 4.79 Å². The molecule has 0 aliphatic rings. The second-order valence-electron chi connectivity index (χ2n) is 3.85. The first-order chi connectivity index (χ1) is 7.04. The largest absolute Gasteiger partial charge is 0.309 e. The Morgan fingerprint density at radius 1 is 1.47 bits per heavy atom. The van der Waals surface area contributed by atoms with Gasteiger partial charge in [-0.15, -0.1) is 11.3 Å². The van der Waals surface area contributed by atoms with Gasteiger partial charge in [-0.05, 0) is 20.5 Å². The van der Waals surface area contributed by atoms with Crippen LogP contribution in [0.15, 0.2) is 0 Å². The molecular formula is C11H18N2OS. The van der Waals surface area contributed by atoms with E-state index in [9.17, 15) is 4.79 Å². The van der Waals surface area contributed by atoms with Crippen LogP contribution < -0.4 is 0 Å². The van der Waals surface area contributed by atoms with Gasteiger partial charge in [-0.2, -0.15) is 0 Å². The summed E-state index contributed by atoms with van der Waals surface area (Å²) in [5, 5.41) is 1.07. The summed E-state index contributed by atoms with van der Waals surface area (Å²) in [6.45, 7) is 4.63. The number of carbonyl (C=O) groups excluding carboxylic acids is 1. The summed E-state index contributed by atoms with van der Waals surface area (Å²) in [6, 6.07) is 0. The SMILES string of the molecule is CCc1nc(CCN(C)C)sc1C(C)=O. The quantitative estimate of drug-likeness (QED) is 0.720. The monoisotopic (exact) mass is 226 g/mol. The Hall–Kier alpha value is -0.740. The molecular weight excluding hydrogens is 208 g/mol. The molecule has 0 fully saturated rings. The number of ketones is 1. The van der Waals surface area contributed by atoms with Crippen molar-refractivity contribution in [1.29, 1.82) is 0 Å². The molecule has 15 heavy (non-hydrogen) atoms. The molecule has 0 saturated carbocycles. The van der Waals surface area contributed by atoms with E-state index in [1.54, 1.807) is 18.3 Å². The topological polar surface area (TPSA) is 33.2 Å². The lowest BCUT2D eigenvalue weighted by Gasteiger charge is -2.06. The minimum absolute atomic E-state index is 0.139. The van der Waals surface area contributed by atoms with E-state index in [1.165, 1.54) is 0 Å². The number of aromatic nitrogens is 1. The molecule has 0 aliphatic heterocycles. The highest BCUT2D eigenvalue weighted by Gasteiger charge is 2.13. The number of hydrogen-bond acceptors (Lipinski definition) is 4. The first kappa shape index (κ1) is 12.3. The van der Waals surface area contributed by atoms with Gasteiger partial charge in [-0.1, -0.05) is 6.92 Å². The lowest BCUT2D eigenvalue weighted by Crippen LogP contribution is -2.14. The van der Waals surface area contributed by atoms with Crippen molar-refractivity contribution in [2.24, 2.45) is 0 Å². The number of aryl methyl sites for hydroxylation is 1. The number of Topliss-reactive ketones (excluding diaryl/α,β-unsaturated/α-hetero) is 1. The Morgan fingerprint density at radius 2 is 2.13 bits per heavy atom. The van der Waals surface area contributed by atoms with Crippen LogP contribution in [-0.4, -0.2) is 36.3 Å². The highest BCUT2D eigenvalue weighted by Crippen LogP contribution is 2.20. The van der Waals surface area contributed by atoms with Gasteiger partial charge in [0.15, 0.2) is 5.78 Å². The van der Waals surface area contributed by atoms with Crippen LogP contribution in [0.1, 0.15) is 34.2 Å². The zero-order chi connectivity index (χ0) is 11.4. The molecule has 0 N–H and O–H groups in total. The van der Waals surface area contributed by atoms with Crippen LogP contribution in [0, 0.1) is 0 Å². The third-order valence-corrected chi connectivity index (χ3v) is 3.43. The van der Waals surface area contributed by atoms with Crippen molar-refractivity contribution in [3.05, 3.63) is 15.6 Å². The molecule has 1 rings (SSSR count). The third kappa shape index (κ3) is 3.39. The number of rotatable bonds is 5. The van der Waals surface area contributed by atoms with Crippen LogP contribution in [-0.2, 0) is 12.8 Å². The van der Waals surface area contributed by atoms with Crippen LogP contribution in [0.4, 0.5) is 0 Å². The van der Waals surface area contributed by atoms with Crippen LogP contribution in [0.5, 0.6) is 0 Å². The molecule has 0 radical (unpaired) electrons. The van der Waals surface area contributed by atoms with Crippen molar-refractivity contribution in [2.45, 2.75) is 26.7 Å². The summed E-state index contributed by atoms with van der Waals surface area (Å²) in [6.07, 6.45) is 1.77. The summed E-state index contributed by atoms with van der Waals surface area (Å²) in [5.41, 5.74) is 0.959. The molecule has 0 aromatic carbocycles. The van der Waals surface area contributed by atoms with Crippen molar-refractivity contribution < 1.29 is 4.79 Å². The van der Waals surface area contributed by atoms with Gasteiger partial charge < -0.3 is 4.90 Å². The molecule has 4 heteroatoms. The second-order valence-corrected chi connectivity index (χ2v) is 4.93. The highest BCUT2D eigenvalue weighted by atomic mass is 32.1. The van der Waals surface area contributed by atoms with Crippen LogP contribution in [0.2, 0.25) is 0 Å². The van der Waals surface area contributed by atoms with Gasteiger partial charge in [0, 0.05) is 19.9 Å². The summed E-state index contributed by atoms with van der Waals surface area (Å²) >= 11 is 1.55. The van der Waals surface area contributed by atoms with Gasteiger partial charge in [0.05, 0.1) is 15.6 Å². The molecule has 0 spiro atoms. The van der Waals surface area contributed by atoms with Crippen molar-refractivity contribution in [3.8, 4) is 0 Å². The fourth-order valence-corrected chi connectivity index (χ4v) is 2.38. The predicted octanol–water partition coefficient (Wildman–Crippen LogP) is 2.01. The molecule has 84 valence electrons. The highest BCUT2D eigenvalue weighted by molar-refractivity contribution is 7.13. The molecule has 0 atom stereocenters. The van der Waals surface area contributed by atoms with Crippen LogP contribution in [0.3, 0.4) is 0 Å². The number of nitrogens with zero attached hydrogens (tertiary/aromatic N) is 2. The maximum absolute atomic E-state index is 11.3. The van der Waals surface area contributed by atoms with E-state index in [0.717, 1.165) is 35.0 Å². The summed E-state index contributed by atoms with van der Waals surface area (Å²) in [5.74, 6) is 0.139. The average molecular weight is 226 g/mol. The third-order valence-electron chi connectivity index (χ3n) is 2.17. The predicted molar refractivity (Wildman–Crippen MR) is 63.8 cm³/mol. The van der Waals surface area contributed by atoms with E-state index >= 15 is 0 Å². The lowest BCUT2D eigenvalue weighted by atomic mass is 10.2. The van der Waals surface area contributed by atoms with E-state index in [2.05, 4.69) is 9.88 Å². The van der Waals surface area contributed by atoms with Gasteiger partial charge >= 0.3 is 0 Å². The second kappa shape index (κ2) is 5.37. The Labute approximate surface area is 95.1 Å². The van der Waals surface area contributed by atoms with Gasteiger partial charge in [0.1, 0.15) is 0 Å². The lowest BCUT2D eigenvalue weighted by molar-refractivity contribution is 0.102. The van der Waals surface area contributed by atoms with Crippen LogP contribution >= 0.6 is 11.3 Å². The maximum Gasteiger partial charge on any atom is 0.171 e.